The Morgan fingerprint density at radius 3 is 2.65 bits per heavy atom. The quantitative estimate of drug-likeness (QED) is 0.857. The molecule has 1 aromatic carbocycles. The van der Waals surface area contributed by atoms with Crippen molar-refractivity contribution in [1.29, 1.82) is 0 Å². The standard InChI is InChI=1S/C18H27NO/c1-5-20-15-9-7-6-8-14(15)19-16-17(2,3)13-10-11-18(16,4)12-13/h6-9,13,16,19H,5,10-12H2,1-4H3/t13-,16?,18+/m0/s1. The molecule has 3 atom stereocenters. The largest absolute Gasteiger partial charge is 0.492 e. The third kappa shape index (κ3) is 2.01. The van der Waals surface area contributed by atoms with E-state index >= 15 is 0 Å². The smallest absolute Gasteiger partial charge is 0.142 e. The first kappa shape index (κ1) is 13.8. The van der Waals surface area contributed by atoms with Crippen LogP contribution in [0.25, 0.3) is 0 Å². The molecule has 2 aliphatic rings. The van der Waals surface area contributed by atoms with Crippen LogP contribution in [0.15, 0.2) is 24.3 Å². The van der Waals surface area contributed by atoms with E-state index in [1.807, 2.05) is 13.0 Å². The Bertz CT molecular complexity index is 491. The van der Waals surface area contributed by atoms with Gasteiger partial charge in [-0.25, -0.2) is 0 Å². The number of ether oxygens (including phenoxy) is 1. The van der Waals surface area contributed by atoms with Crippen molar-refractivity contribution in [2.75, 3.05) is 11.9 Å². The predicted molar refractivity (Wildman–Crippen MR) is 84.3 cm³/mol. The van der Waals surface area contributed by atoms with E-state index in [-0.39, 0.29) is 0 Å². The average molecular weight is 273 g/mol. The molecule has 110 valence electrons. The molecule has 1 aromatic rings. The zero-order chi connectivity index (χ0) is 14.4. The molecule has 0 radical (unpaired) electrons. The molecule has 0 aromatic heterocycles. The summed E-state index contributed by atoms with van der Waals surface area (Å²) in [5.74, 6) is 1.85. The fourth-order valence-electron chi connectivity index (χ4n) is 4.69. The molecule has 2 saturated carbocycles. The van der Waals surface area contributed by atoms with Crippen molar-refractivity contribution in [3.05, 3.63) is 24.3 Å². The minimum Gasteiger partial charge on any atom is -0.492 e. The fourth-order valence-corrected chi connectivity index (χ4v) is 4.69. The number of hydrogen-bond donors (Lipinski definition) is 1. The maximum Gasteiger partial charge on any atom is 0.142 e. The summed E-state index contributed by atoms with van der Waals surface area (Å²) in [6.07, 6.45) is 4.12. The molecular formula is C18H27NO. The lowest BCUT2D eigenvalue weighted by Gasteiger charge is -2.43. The van der Waals surface area contributed by atoms with Crippen molar-refractivity contribution < 1.29 is 4.74 Å². The van der Waals surface area contributed by atoms with E-state index in [1.54, 1.807) is 0 Å². The van der Waals surface area contributed by atoms with Crippen LogP contribution in [0.4, 0.5) is 5.69 Å². The number of benzene rings is 1. The maximum atomic E-state index is 5.77. The van der Waals surface area contributed by atoms with Crippen LogP contribution in [0.5, 0.6) is 5.75 Å². The molecule has 2 heteroatoms. The second-order valence-corrected chi connectivity index (χ2v) is 7.42. The molecule has 0 aliphatic heterocycles. The van der Waals surface area contributed by atoms with E-state index in [1.165, 1.54) is 19.3 Å². The summed E-state index contributed by atoms with van der Waals surface area (Å²) >= 11 is 0. The lowest BCUT2D eigenvalue weighted by molar-refractivity contribution is 0.155. The highest BCUT2D eigenvalue weighted by molar-refractivity contribution is 5.57. The molecule has 2 aliphatic carbocycles. The third-order valence-electron chi connectivity index (χ3n) is 5.76. The van der Waals surface area contributed by atoms with Crippen LogP contribution >= 0.6 is 0 Å². The van der Waals surface area contributed by atoms with Crippen LogP contribution in [-0.2, 0) is 0 Å². The van der Waals surface area contributed by atoms with Gasteiger partial charge in [-0.15, -0.1) is 0 Å². The van der Waals surface area contributed by atoms with Crippen molar-refractivity contribution >= 4 is 5.69 Å². The highest BCUT2D eigenvalue weighted by Gasteiger charge is 2.59. The van der Waals surface area contributed by atoms with E-state index in [0.717, 1.165) is 17.4 Å². The first-order valence-electron chi connectivity index (χ1n) is 7.96. The minimum absolute atomic E-state index is 0.367. The molecule has 2 bridgehead atoms. The number of rotatable bonds is 4. The summed E-state index contributed by atoms with van der Waals surface area (Å²) in [6.45, 7) is 10.1. The molecule has 20 heavy (non-hydrogen) atoms. The van der Waals surface area contributed by atoms with E-state index in [0.29, 0.717) is 23.5 Å². The maximum absolute atomic E-state index is 5.77. The van der Waals surface area contributed by atoms with Crippen LogP contribution in [0, 0.1) is 16.7 Å². The van der Waals surface area contributed by atoms with Gasteiger partial charge in [0.05, 0.1) is 12.3 Å². The molecule has 0 spiro atoms. The van der Waals surface area contributed by atoms with E-state index < -0.39 is 0 Å². The lowest BCUT2D eigenvalue weighted by Crippen LogP contribution is -2.45. The van der Waals surface area contributed by atoms with Gasteiger partial charge < -0.3 is 10.1 Å². The van der Waals surface area contributed by atoms with Crippen LogP contribution in [-0.4, -0.2) is 12.6 Å². The summed E-state index contributed by atoms with van der Waals surface area (Å²) < 4.78 is 5.77. The number of para-hydroxylation sites is 2. The number of anilines is 1. The van der Waals surface area contributed by atoms with Crippen molar-refractivity contribution in [1.82, 2.24) is 0 Å². The first-order chi connectivity index (χ1) is 9.47. The third-order valence-corrected chi connectivity index (χ3v) is 5.76. The highest BCUT2D eigenvalue weighted by Crippen LogP contribution is 2.63. The highest BCUT2D eigenvalue weighted by atomic mass is 16.5. The molecule has 0 amide bonds. The van der Waals surface area contributed by atoms with E-state index in [4.69, 9.17) is 4.74 Å². The Balaban J connectivity index is 1.88. The Labute approximate surface area is 122 Å². The Kier molecular flexibility index (Phi) is 3.23. The van der Waals surface area contributed by atoms with Crippen LogP contribution in [0.1, 0.15) is 47.0 Å². The normalized spacial score (nSPS) is 34.2. The van der Waals surface area contributed by atoms with Gasteiger partial charge in [-0.1, -0.05) is 32.9 Å². The second-order valence-electron chi connectivity index (χ2n) is 7.42. The van der Waals surface area contributed by atoms with Crippen LogP contribution in [0.2, 0.25) is 0 Å². The van der Waals surface area contributed by atoms with Gasteiger partial charge in [0.15, 0.2) is 0 Å². The predicted octanol–water partition coefficient (Wildman–Crippen LogP) is 4.71. The van der Waals surface area contributed by atoms with Crippen molar-refractivity contribution in [3.8, 4) is 5.75 Å². The molecule has 3 rings (SSSR count). The van der Waals surface area contributed by atoms with Crippen LogP contribution in [0.3, 0.4) is 0 Å². The second kappa shape index (κ2) is 4.68. The topological polar surface area (TPSA) is 21.3 Å². The Morgan fingerprint density at radius 2 is 2.00 bits per heavy atom. The van der Waals surface area contributed by atoms with Gasteiger partial charge in [0.1, 0.15) is 5.75 Å². The van der Waals surface area contributed by atoms with Crippen LogP contribution < -0.4 is 10.1 Å². The fraction of sp³-hybridized carbons (Fsp3) is 0.667. The van der Waals surface area contributed by atoms with Gasteiger partial charge in [0.25, 0.3) is 0 Å². The summed E-state index contributed by atoms with van der Waals surface area (Å²) in [7, 11) is 0. The summed E-state index contributed by atoms with van der Waals surface area (Å²) in [6, 6.07) is 8.89. The monoisotopic (exact) mass is 273 g/mol. The van der Waals surface area contributed by atoms with Gasteiger partial charge in [0.2, 0.25) is 0 Å². The SMILES string of the molecule is CCOc1ccccc1NC1C(C)(C)[C@H]2CC[C@]1(C)C2. The molecule has 2 fully saturated rings. The van der Waals surface area contributed by atoms with Crippen molar-refractivity contribution in [2.24, 2.45) is 16.7 Å². The summed E-state index contributed by atoms with van der Waals surface area (Å²) in [4.78, 5) is 0. The van der Waals surface area contributed by atoms with E-state index in [9.17, 15) is 0 Å². The summed E-state index contributed by atoms with van der Waals surface area (Å²) in [5, 5.41) is 3.83. The first-order valence-corrected chi connectivity index (χ1v) is 7.96. The minimum atomic E-state index is 0.367. The Hall–Kier alpha value is -1.18. The molecule has 1 N–H and O–H groups in total. The zero-order valence-electron chi connectivity index (χ0n) is 13.2. The van der Waals surface area contributed by atoms with Gasteiger partial charge in [-0.3, -0.25) is 0 Å². The van der Waals surface area contributed by atoms with Gasteiger partial charge >= 0.3 is 0 Å². The number of nitrogens with one attached hydrogen (secondary N) is 1. The zero-order valence-corrected chi connectivity index (χ0v) is 13.2. The van der Waals surface area contributed by atoms with Crippen molar-refractivity contribution in [2.45, 2.75) is 53.0 Å². The molecule has 0 heterocycles. The molecular weight excluding hydrogens is 246 g/mol. The van der Waals surface area contributed by atoms with E-state index in [2.05, 4.69) is 44.3 Å². The number of hydrogen-bond acceptors (Lipinski definition) is 2. The van der Waals surface area contributed by atoms with Gasteiger partial charge in [0, 0.05) is 6.04 Å². The molecule has 1 unspecified atom stereocenters. The summed E-state index contributed by atoms with van der Waals surface area (Å²) in [5.41, 5.74) is 1.96. The van der Waals surface area contributed by atoms with Gasteiger partial charge in [-0.05, 0) is 55.1 Å². The van der Waals surface area contributed by atoms with Gasteiger partial charge in [-0.2, -0.15) is 0 Å². The lowest BCUT2D eigenvalue weighted by atomic mass is 9.68. The molecule has 2 nitrogen and oxygen atoms in total. The molecule has 0 saturated heterocycles. The van der Waals surface area contributed by atoms with Crippen molar-refractivity contribution in [3.63, 3.8) is 0 Å². The average Bonchev–Trinajstić information content (AvgIpc) is 2.88. The number of fused-ring (bicyclic) bond motifs is 2. The Morgan fingerprint density at radius 1 is 1.25 bits per heavy atom.